The van der Waals surface area contributed by atoms with E-state index < -0.39 is 10.0 Å². The van der Waals surface area contributed by atoms with Crippen molar-refractivity contribution in [3.05, 3.63) is 11.6 Å². The molecule has 0 atom stereocenters. The molecule has 0 spiro atoms. The van der Waals surface area contributed by atoms with Gasteiger partial charge in [-0.25, -0.2) is 13.2 Å². The molecule has 0 unspecified atom stereocenters. The van der Waals surface area contributed by atoms with Gasteiger partial charge in [-0.2, -0.15) is 4.31 Å². The predicted molar refractivity (Wildman–Crippen MR) is 68.6 cm³/mol. The van der Waals surface area contributed by atoms with Gasteiger partial charge in [-0.3, -0.25) is 4.90 Å². The van der Waals surface area contributed by atoms with Gasteiger partial charge in [-0.1, -0.05) is 6.08 Å². The van der Waals surface area contributed by atoms with Gasteiger partial charge in [-0.05, 0) is 6.92 Å². The third-order valence-corrected chi connectivity index (χ3v) is 4.27. The molecule has 1 heterocycles. The second-order valence-corrected chi connectivity index (χ2v) is 6.32. The lowest BCUT2D eigenvalue weighted by molar-refractivity contribution is -0.136. The molecule has 7 heteroatoms. The number of nitrogens with zero attached hydrogens (tertiary/aromatic N) is 2. The molecule has 0 N–H and O–H groups in total. The fourth-order valence-electron chi connectivity index (χ4n) is 1.75. The number of hydrogen-bond acceptors (Lipinski definition) is 5. The first-order valence-electron chi connectivity index (χ1n) is 5.77. The number of methoxy groups -OCH3 is 1. The molecule has 0 radical (unpaired) electrons. The standard InChI is InChI=1S/C11H20N2O4S/c1-10(11(14)17-2)4-5-12-6-8-13(9-7-12)18(3,15)16/h4H,5-9H2,1-3H3. The number of hydrogen-bond donors (Lipinski definition) is 0. The van der Waals surface area contributed by atoms with Gasteiger partial charge in [0.15, 0.2) is 0 Å². The van der Waals surface area contributed by atoms with Crippen LogP contribution in [0.2, 0.25) is 0 Å². The highest BCUT2D eigenvalue weighted by Crippen LogP contribution is 2.06. The third-order valence-electron chi connectivity index (χ3n) is 2.96. The molecule has 6 nitrogen and oxygen atoms in total. The van der Waals surface area contributed by atoms with Gasteiger partial charge < -0.3 is 4.74 Å². The summed E-state index contributed by atoms with van der Waals surface area (Å²) in [6.45, 7) is 4.71. The zero-order chi connectivity index (χ0) is 13.8. The first-order valence-corrected chi connectivity index (χ1v) is 7.62. The van der Waals surface area contributed by atoms with Crippen molar-refractivity contribution in [3.63, 3.8) is 0 Å². The highest BCUT2D eigenvalue weighted by atomic mass is 32.2. The van der Waals surface area contributed by atoms with E-state index in [1.54, 1.807) is 6.92 Å². The van der Waals surface area contributed by atoms with Crippen molar-refractivity contribution in [2.45, 2.75) is 6.92 Å². The number of ether oxygens (including phenoxy) is 1. The average molecular weight is 276 g/mol. The van der Waals surface area contributed by atoms with Crippen molar-refractivity contribution < 1.29 is 17.9 Å². The Hall–Kier alpha value is -0.920. The van der Waals surface area contributed by atoms with Crippen LogP contribution in [-0.4, -0.2) is 69.7 Å². The van der Waals surface area contributed by atoms with Gasteiger partial charge in [0.2, 0.25) is 10.0 Å². The number of carbonyl (C=O) groups is 1. The van der Waals surface area contributed by atoms with Crippen LogP contribution in [0.5, 0.6) is 0 Å². The maximum Gasteiger partial charge on any atom is 0.333 e. The molecular formula is C11H20N2O4S. The molecule has 0 aromatic carbocycles. The van der Waals surface area contributed by atoms with Crippen molar-refractivity contribution >= 4 is 16.0 Å². The molecule has 1 fully saturated rings. The summed E-state index contributed by atoms with van der Waals surface area (Å²) in [6.07, 6.45) is 3.03. The smallest absolute Gasteiger partial charge is 0.333 e. The van der Waals surface area contributed by atoms with Gasteiger partial charge in [0.05, 0.1) is 13.4 Å². The molecule has 0 aromatic heterocycles. The highest BCUT2D eigenvalue weighted by molar-refractivity contribution is 7.88. The van der Waals surface area contributed by atoms with Crippen LogP contribution < -0.4 is 0 Å². The van der Waals surface area contributed by atoms with E-state index in [4.69, 9.17) is 0 Å². The number of piperazine rings is 1. The summed E-state index contributed by atoms with van der Waals surface area (Å²) in [7, 11) is -1.73. The van der Waals surface area contributed by atoms with Crippen molar-refractivity contribution in [2.24, 2.45) is 0 Å². The van der Waals surface area contributed by atoms with Crippen LogP contribution in [0.3, 0.4) is 0 Å². The lowest BCUT2D eigenvalue weighted by atomic mass is 10.2. The Morgan fingerprint density at radius 1 is 1.28 bits per heavy atom. The minimum Gasteiger partial charge on any atom is -0.466 e. The van der Waals surface area contributed by atoms with E-state index in [0.29, 0.717) is 38.3 Å². The Bertz CT molecular complexity index is 422. The van der Waals surface area contributed by atoms with Crippen LogP contribution >= 0.6 is 0 Å². The van der Waals surface area contributed by atoms with E-state index >= 15 is 0 Å². The SMILES string of the molecule is COC(=O)C(C)=CCN1CCN(S(C)(=O)=O)CC1. The minimum absolute atomic E-state index is 0.329. The fourth-order valence-corrected chi connectivity index (χ4v) is 2.58. The second kappa shape index (κ2) is 6.31. The summed E-state index contributed by atoms with van der Waals surface area (Å²) in [5.74, 6) is -0.329. The summed E-state index contributed by atoms with van der Waals surface area (Å²) in [5.41, 5.74) is 0.572. The zero-order valence-corrected chi connectivity index (χ0v) is 11.9. The molecule has 1 aliphatic heterocycles. The van der Waals surface area contributed by atoms with Crippen LogP contribution in [0, 0.1) is 0 Å². The van der Waals surface area contributed by atoms with Gasteiger partial charge in [0, 0.05) is 38.3 Å². The number of esters is 1. The first-order chi connectivity index (χ1) is 8.34. The summed E-state index contributed by atoms with van der Waals surface area (Å²) < 4.78 is 28.7. The van der Waals surface area contributed by atoms with Crippen LogP contribution in [0.4, 0.5) is 0 Å². The first kappa shape index (κ1) is 15.1. The second-order valence-electron chi connectivity index (χ2n) is 4.34. The fraction of sp³-hybridized carbons (Fsp3) is 0.727. The molecular weight excluding hydrogens is 256 g/mol. The van der Waals surface area contributed by atoms with Crippen molar-refractivity contribution in [2.75, 3.05) is 46.1 Å². The van der Waals surface area contributed by atoms with Crippen LogP contribution in [0.25, 0.3) is 0 Å². The highest BCUT2D eigenvalue weighted by Gasteiger charge is 2.22. The number of carbonyl (C=O) groups excluding carboxylic acids is 1. The van der Waals surface area contributed by atoms with Crippen molar-refractivity contribution in [1.82, 2.24) is 9.21 Å². The Balaban J connectivity index is 2.43. The molecule has 0 aromatic rings. The normalized spacial score (nSPS) is 19.8. The summed E-state index contributed by atoms with van der Waals surface area (Å²) in [5, 5.41) is 0. The molecule has 1 aliphatic rings. The van der Waals surface area contributed by atoms with Crippen molar-refractivity contribution in [3.8, 4) is 0 Å². The van der Waals surface area contributed by atoms with E-state index in [0.717, 1.165) is 0 Å². The molecule has 18 heavy (non-hydrogen) atoms. The number of rotatable bonds is 4. The lowest BCUT2D eigenvalue weighted by Crippen LogP contribution is -2.48. The minimum atomic E-state index is -3.08. The maximum atomic E-state index is 11.3. The van der Waals surface area contributed by atoms with Gasteiger partial charge >= 0.3 is 5.97 Å². The Kier molecular flexibility index (Phi) is 5.30. The molecule has 0 bridgehead atoms. The lowest BCUT2D eigenvalue weighted by Gasteiger charge is -2.32. The molecule has 0 amide bonds. The Morgan fingerprint density at radius 2 is 1.83 bits per heavy atom. The predicted octanol–water partition coefficient (Wildman–Crippen LogP) is -0.317. The third kappa shape index (κ3) is 4.40. The summed E-state index contributed by atoms with van der Waals surface area (Å²) >= 11 is 0. The topological polar surface area (TPSA) is 66.9 Å². The Morgan fingerprint density at radius 3 is 2.28 bits per heavy atom. The van der Waals surface area contributed by atoms with Crippen LogP contribution in [0.15, 0.2) is 11.6 Å². The van der Waals surface area contributed by atoms with E-state index in [2.05, 4.69) is 9.64 Å². The van der Waals surface area contributed by atoms with Gasteiger partial charge in [0.25, 0.3) is 0 Å². The Labute approximate surface area is 108 Å². The average Bonchev–Trinajstić information content (AvgIpc) is 2.34. The van der Waals surface area contributed by atoms with E-state index in [1.807, 2.05) is 6.08 Å². The van der Waals surface area contributed by atoms with Gasteiger partial charge in [0.1, 0.15) is 0 Å². The molecule has 0 saturated carbocycles. The zero-order valence-electron chi connectivity index (χ0n) is 11.0. The van der Waals surface area contributed by atoms with Crippen LogP contribution in [-0.2, 0) is 19.6 Å². The van der Waals surface area contributed by atoms with E-state index in [1.165, 1.54) is 17.7 Å². The summed E-state index contributed by atoms with van der Waals surface area (Å²) in [4.78, 5) is 13.3. The largest absolute Gasteiger partial charge is 0.466 e. The molecule has 1 rings (SSSR count). The van der Waals surface area contributed by atoms with E-state index in [9.17, 15) is 13.2 Å². The number of sulfonamides is 1. The molecule has 0 aliphatic carbocycles. The van der Waals surface area contributed by atoms with Crippen LogP contribution in [0.1, 0.15) is 6.92 Å². The summed E-state index contributed by atoms with van der Waals surface area (Å²) in [6, 6.07) is 0. The maximum absolute atomic E-state index is 11.3. The molecule has 104 valence electrons. The van der Waals surface area contributed by atoms with E-state index in [-0.39, 0.29) is 5.97 Å². The van der Waals surface area contributed by atoms with Gasteiger partial charge in [-0.15, -0.1) is 0 Å². The van der Waals surface area contributed by atoms with Crippen molar-refractivity contribution in [1.29, 1.82) is 0 Å². The molecule has 1 saturated heterocycles. The quantitative estimate of drug-likeness (QED) is 0.520. The monoisotopic (exact) mass is 276 g/mol.